The molecule has 2 aliphatic rings. The Morgan fingerprint density at radius 2 is 1.85 bits per heavy atom. The normalized spacial score (nSPS) is 18.6. The van der Waals surface area contributed by atoms with Crippen LogP contribution in [0.4, 0.5) is 4.39 Å². The van der Waals surface area contributed by atoms with Crippen molar-refractivity contribution in [1.29, 1.82) is 0 Å². The van der Waals surface area contributed by atoms with Crippen molar-refractivity contribution in [2.75, 3.05) is 24.8 Å². The lowest BCUT2D eigenvalue weighted by molar-refractivity contribution is 0.0701. The van der Waals surface area contributed by atoms with E-state index in [1.807, 2.05) is 30.3 Å². The van der Waals surface area contributed by atoms with Gasteiger partial charge in [0.15, 0.2) is 23.0 Å². The van der Waals surface area contributed by atoms with Gasteiger partial charge in [0.1, 0.15) is 19.3 Å². The summed E-state index contributed by atoms with van der Waals surface area (Å²) in [5.74, 6) is -1.81. The lowest BCUT2D eigenvalue weighted by atomic mass is 9.96. The molecule has 0 radical (unpaired) electrons. The van der Waals surface area contributed by atoms with E-state index in [0.717, 1.165) is 5.56 Å². The van der Waals surface area contributed by atoms with Gasteiger partial charge in [-0.3, -0.25) is 19.3 Å². The molecule has 7 nitrogen and oxygen atoms in total. The highest BCUT2D eigenvalue weighted by molar-refractivity contribution is 6.30. The standard InChI is InChI=1S/C24H19ClFN3O4/c25-17-9-8-16-20(15-6-2-1-3-7-15)29-14-27(11-4-5-13-33-23(16)19(17)26)24(32)21-22(31)18(30)10-12-28(21)29/h1-10,12,20,31H,11,13-14H2/b5-4+. The Bertz CT molecular complexity index is 1330. The SMILES string of the molecule is O=C1c2c(O)c(=O)ccn2N2CN1C/C=C/COc1c(ccc(Cl)c1F)C2c1ccccc1. The summed E-state index contributed by atoms with van der Waals surface area (Å²) in [5, 5.41) is 12.2. The zero-order valence-corrected chi connectivity index (χ0v) is 18.1. The number of ether oxygens (including phenoxy) is 1. The van der Waals surface area contributed by atoms with Crippen LogP contribution in [-0.4, -0.2) is 40.4 Å². The van der Waals surface area contributed by atoms with Crippen molar-refractivity contribution in [1.82, 2.24) is 9.58 Å². The Morgan fingerprint density at radius 1 is 1.06 bits per heavy atom. The molecule has 9 heteroatoms. The van der Waals surface area contributed by atoms with Crippen LogP contribution in [0.15, 0.2) is 71.7 Å². The molecule has 2 aromatic carbocycles. The van der Waals surface area contributed by atoms with Gasteiger partial charge in [0.2, 0.25) is 5.43 Å². The zero-order valence-electron chi connectivity index (χ0n) is 17.3. The number of carbonyl (C=O) groups excluding carboxylic acids is 1. The molecule has 0 spiro atoms. The number of aromatic nitrogens is 1. The first kappa shape index (κ1) is 21.1. The van der Waals surface area contributed by atoms with Crippen LogP contribution in [-0.2, 0) is 0 Å². The second kappa shape index (κ2) is 8.29. The molecule has 2 bridgehead atoms. The monoisotopic (exact) mass is 467 g/mol. The van der Waals surface area contributed by atoms with Gasteiger partial charge in [-0.15, -0.1) is 0 Å². The summed E-state index contributed by atoms with van der Waals surface area (Å²) < 4.78 is 22.4. The molecule has 5 rings (SSSR count). The minimum absolute atomic E-state index is 0.00169. The van der Waals surface area contributed by atoms with Crippen LogP contribution in [0.1, 0.15) is 27.7 Å². The van der Waals surface area contributed by atoms with Crippen molar-refractivity contribution >= 4 is 17.5 Å². The molecule has 0 aliphatic carbocycles. The number of amides is 1. The number of halogens is 2. The second-order valence-electron chi connectivity index (χ2n) is 7.71. The van der Waals surface area contributed by atoms with E-state index >= 15 is 4.39 Å². The van der Waals surface area contributed by atoms with Gasteiger partial charge < -0.3 is 14.7 Å². The predicted molar refractivity (Wildman–Crippen MR) is 121 cm³/mol. The fourth-order valence-corrected chi connectivity index (χ4v) is 4.34. The van der Waals surface area contributed by atoms with Crippen LogP contribution in [0.3, 0.4) is 0 Å². The van der Waals surface area contributed by atoms with Gasteiger partial charge in [0, 0.05) is 24.4 Å². The van der Waals surface area contributed by atoms with Crippen LogP contribution in [0.25, 0.3) is 0 Å². The molecule has 0 saturated carbocycles. The third-order valence-corrected chi connectivity index (χ3v) is 6.03. The molecule has 168 valence electrons. The maximum Gasteiger partial charge on any atom is 0.278 e. The minimum atomic E-state index is -0.685. The Balaban J connectivity index is 1.83. The second-order valence-corrected chi connectivity index (χ2v) is 8.11. The summed E-state index contributed by atoms with van der Waals surface area (Å²) >= 11 is 6.07. The van der Waals surface area contributed by atoms with Gasteiger partial charge in [0.25, 0.3) is 5.91 Å². The molecule has 1 N–H and O–H groups in total. The van der Waals surface area contributed by atoms with Crippen molar-refractivity contribution in [3.8, 4) is 11.5 Å². The quantitative estimate of drug-likeness (QED) is 0.555. The highest BCUT2D eigenvalue weighted by Crippen LogP contribution is 2.40. The molecule has 3 aromatic rings. The topological polar surface area (TPSA) is 75.0 Å². The van der Waals surface area contributed by atoms with Crippen molar-refractivity contribution in [2.24, 2.45) is 0 Å². The number of nitrogens with zero attached hydrogens (tertiary/aromatic N) is 3. The lowest BCUT2D eigenvalue weighted by Gasteiger charge is -2.43. The van der Waals surface area contributed by atoms with Gasteiger partial charge >= 0.3 is 0 Å². The summed E-state index contributed by atoms with van der Waals surface area (Å²) in [5.41, 5.74) is 0.458. The van der Waals surface area contributed by atoms with E-state index in [1.54, 1.807) is 23.2 Å². The highest BCUT2D eigenvalue weighted by atomic mass is 35.5. The molecule has 33 heavy (non-hydrogen) atoms. The Labute approximate surface area is 193 Å². The number of carbonyl (C=O) groups is 1. The summed E-state index contributed by atoms with van der Waals surface area (Å²) in [7, 11) is 0. The number of hydrogen-bond acceptors (Lipinski definition) is 5. The maximum absolute atomic E-state index is 15.2. The van der Waals surface area contributed by atoms with Crippen molar-refractivity contribution in [3.05, 3.63) is 105 Å². The van der Waals surface area contributed by atoms with Crippen molar-refractivity contribution in [3.63, 3.8) is 0 Å². The Morgan fingerprint density at radius 3 is 2.64 bits per heavy atom. The highest BCUT2D eigenvalue weighted by Gasteiger charge is 2.37. The first-order valence-electron chi connectivity index (χ1n) is 10.3. The number of hydrogen-bond donors (Lipinski definition) is 1. The average Bonchev–Trinajstić information content (AvgIpc) is 2.85. The average molecular weight is 468 g/mol. The molecular weight excluding hydrogens is 449 g/mol. The number of rotatable bonds is 1. The largest absolute Gasteiger partial charge is 0.502 e. The molecular formula is C24H19ClFN3O4. The van der Waals surface area contributed by atoms with Crippen molar-refractivity contribution in [2.45, 2.75) is 6.04 Å². The molecule has 1 amide bonds. The molecule has 3 heterocycles. The minimum Gasteiger partial charge on any atom is -0.502 e. The summed E-state index contributed by atoms with van der Waals surface area (Å²) in [6.07, 6.45) is 4.83. The van der Waals surface area contributed by atoms with Crippen molar-refractivity contribution < 1.29 is 19.0 Å². The Kier molecular flexibility index (Phi) is 5.30. The van der Waals surface area contributed by atoms with E-state index in [0.29, 0.717) is 5.56 Å². The van der Waals surface area contributed by atoms with Crippen LogP contribution in [0.2, 0.25) is 5.02 Å². The van der Waals surface area contributed by atoms with Gasteiger partial charge in [-0.1, -0.05) is 54.1 Å². The fourth-order valence-electron chi connectivity index (χ4n) is 4.19. The molecule has 0 fully saturated rings. The van der Waals surface area contributed by atoms with Crippen LogP contribution >= 0.6 is 11.6 Å². The Hall–Kier alpha value is -3.78. The third-order valence-electron chi connectivity index (χ3n) is 5.74. The summed E-state index contributed by atoms with van der Waals surface area (Å²) in [4.78, 5) is 26.8. The fraction of sp³-hybridized carbons (Fsp3) is 0.167. The number of pyridine rings is 1. The van der Waals surface area contributed by atoms with Crippen LogP contribution in [0.5, 0.6) is 11.5 Å². The van der Waals surface area contributed by atoms with E-state index in [-0.39, 0.29) is 36.3 Å². The third kappa shape index (κ3) is 3.52. The first-order chi connectivity index (χ1) is 16.0. The summed E-state index contributed by atoms with van der Waals surface area (Å²) in [6, 6.07) is 13.0. The van der Waals surface area contributed by atoms with E-state index in [2.05, 4.69) is 0 Å². The molecule has 1 atom stereocenters. The zero-order chi connectivity index (χ0) is 23.1. The molecule has 0 saturated heterocycles. The molecule has 1 aromatic heterocycles. The number of fused-ring (bicyclic) bond motifs is 5. The van der Waals surface area contributed by atoms with E-state index < -0.39 is 28.9 Å². The number of benzene rings is 2. The maximum atomic E-state index is 15.2. The van der Waals surface area contributed by atoms with E-state index in [1.165, 1.54) is 27.9 Å². The molecule has 2 aliphatic heterocycles. The summed E-state index contributed by atoms with van der Waals surface area (Å²) in [6.45, 7) is 0.397. The predicted octanol–water partition coefficient (Wildman–Crippen LogP) is 3.44. The smallest absolute Gasteiger partial charge is 0.278 e. The number of aromatic hydroxyl groups is 1. The molecule has 1 unspecified atom stereocenters. The van der Waals surface area contributed by atoms with Gasteiger partial charge in [-0.05, 0) is 17.7 Å². The van der Waals surface area contributed by atoms with Gasteiger partial charge in [-0.25, -0.2) is 4.39 Å². The van der Waals surface area contributed by atoms with E-state index in [9.17, 15) is 14.7 Å². The van der Waals surface area contributed by atoms with Crippen LogP contribution in [0, 0.1) is 5.82 Å². The van der Waals surface area contributed by atoms with Gasteiger partial charge in [0.05, 0.1) is 5.02 Å². The first-order valence-corrected chi connectivity index (χ1v) is 10.7. The van der Waals surface area contributed by atoms with Crippen LogP contribution < -0.4 is 15.2 Å². The van der Waals surface area contributed by atoms with E-state index in [4.69, 9.17) is 16.3 Å². The van der Waals surface area contributed by atoms with Gasteiger partial charge in [-0.2, -0.15) is 0 Å². The lowest BCUT2D eigenvalue weighted by Crippen LogP contribution is -2.55.